The molecule has 0 aliphatic rings. The lowest BCUT2D eigenvalue weighted by molar-refractivity contribution is -0.137. The van der Waals surface area contributed by atoms with Crippen LogP contribution in [-0.2, 0) is 6.18 Å². The lowest BCUT2D eigenvalue weighted by Gasteiger charge is -2.08. The molecule has 2 rings (SSSR count). The quantitative estimate of drug-likeness (QED) is 0.827. The van der Waals surface area contributed by atoms with E-state index in [1.54, 1.807) is 24.3 Å². The molecule has 0 saturated heterocycles. The topological polar surface area (TPSA) is 47.6 Å². The molecule has 0 heterocycles. The molecule has 0 radical (unpaired) electrons. The van der Waals surface area contributed by atoms with E-state index in [1.807, 2.05) is 0 Å². The number of halogens is 3. The number of methoxy groups -OCH3 is 1. The van der Waals surface area contributed by atoms with Crippen molar-refractivity contribution in [2.24, 2.45) is 0 Å². The minimum atomic E-state index is -4.42. The second-order valence-corrected chi connectivity index (χ2v) is 5.08. The maximum Gasteiger partial charge on any atom is 0.416 e. The van der Waals surface area contributed by atoms with Crippen LogP contribution in [0, 0.1) is 11.8 Å². The molecule has 7 heteroatoms. The molecule has 2 aromatic rings. The number of benzene rings is 2. The third-order valence-electron chi connectivity index (χ3n) is 3.29. The van der Waals surface area contributed by atoms with Crippen molar-refractivity contribution in [3.63, 3.8) is 0 Å². The molecule has 0 spiro atoms. The molecule has 4 nitrogen and oxygen atoms in total. The fourth-order valence-electron chi connectivity index (χ4n) is 1.96. The number of carbonyl (C=O) groups is 1. The lowest BCUT2D eigenvalue weighted by atomic mass is 10.2. The zero-order valence-corrected chi connectivity index (χ0v) is 13.9. The first kappa shape index (κ1) is 19.2. The summed E-state index contributed by atoms with van der Waals surface area (Å²) in [4.78, 5) is 11.9. The molecule has 1 N–H and O–H groups in total. The highest BCUT2D eigenvalue weighted by molar-refractivity contribution is 5.94. The second kappa shape index (κ2) is 8.81. The summed E-state index contributed by atoms with van der Waals surface area (Å²) in [5, 5.41) is 2.61. The van der Waals surface area contributed by atoms with E-state index >= 15 is 0 Å². The smallest absolute Gasteiger partial charge is 0.416 e. The zero-order chi connectivity index (χ0) is 19.0. The van der Waals surface area contributed by atoms with Crippen molar-refractivity contribution in [2.45, 2.75) is 6.18 Å². The Morgan fingerprint density at radius 3 is 2.46 bits per heavy atom. The Morgan fingerprint density at radius 1 is 1.08 bits per heavy atom. The summed E-state index contributed by atoms with van der Waals surface area (Å²) in [6, 6.07) is 11.1. The van der Waals surface area contributed by atoms with Crippen LogP contribution in [0.15, 0.2) is 48.5 Å². The van der Waals surface area contributed by atoms with Crippen molar-refractivity contribution in [3.8, 4) is 23.3 Å². The van der Waals surface area contributed by atoms with Crippen LogP contribution in [0.5, 0.6) is 11.5 Å². The second-order valence-electron chi connectivity index (χ2n) is 5.08. The maximum absolute atomic E-state index is 12.6. The van der Waals surface area contributed by atoms with Gasteiger partial charge in [-0.05, 0) is 42.5 Å². The first-order valence-electron chi connectivity index (χ1n) is 7.58. The van der Waals surface area contributed by atoms with E-state index in [-0.39, 0.29) is 24.8 Å². The van der Waals surface area contributed by atoms with E-state index in [0.29, 0.717) is 11.3 Å². The third kappa shape index (κ3) is 5.74. The largest absolute Gasteiger partial charge is 0.497 e. The van der Waals surface area contributed by atoms with Gasteiger partial charge in [-0.1, -0.05) is 17.9 Å². The summed E-state index contributed by atoms with van der Waals surface area (Å²) >= 11 is 0. The summed E-state index contributed by atoms with van der Waals surface area (Å²) < 4.78 is 47.9. The van der Waals surface area contributed by atoms with E-state index < -0.39 is 11.7 Å². The average molecular weight is 363 g/mol. The third-order valence-corrected chi connectivity index (χ3v) is 3.29. The molecule has 0 fully saturated rings. The monoisotopic (exact) mass is 363 g/mol. The summed E-state index contributed by atoms with van der Waals surface area (Å²) in [7, 11) is 1.53. The fourth-order valence-corrected chi connectivity index (χ4v) is 1.96. The maximum atomic E-state index is 12.6. The summed E-state index contributed by atoms with van der Waals surface area (Å²) in [5.41, 5.74) is -0.317. The van der Waals surface area contributed by atoms with Gasteiger partial charge in [0.05, 0.1) is 19.2 Å². The van der Waals surface area contributed by atoms with E-state index in [4.69, 9.17) is 9.47 Å². The normalized spacial score (nSPS) is 10.5. The first-order valence-corrected chi connectivity index (χ1v) is 7.58. The van der Waals surface area contributed by atoms with Gasteiger partial charge in [0.25, 0.3) is 5.91 Å². The molecule has 0 atom stereocenters. The molecular weight excluding hydrogens is 347 g/mol. The predicted molar refractivity (Wildman–Crippen MR) is 90.0 cm³/mol. The number of amides is 1. The number of carbonyl (C=O) groups excluding carboxylic acids is 1. The van der Waals surface area contributed by atoms with Crippen molar-refractivity contribution in [3.05, 3.63) is 59.7 Å². The Labute approximate surface area is 148 Å². The van der Waals surface area contributed by atoms with E-state index in [9.17, 15) is 18.0 Å². The van der Waals surface area contributed by atoms with Gasteiger partial charge in [0, 0.05) is 5.56 Å². The van der Waals surface area contributed by atoms with Gasteiger partial charge in [-0.2, -0.15) is 13.2 Å². The Morgan fingerprint density at radius 2 is 1.81 bits per heavy atom. The molecule has 0 aliphatic heterocycles. The van der Waals surface area contributed by atoms with Gasteiger partial charge in [0.2, 0.25) is 0 Å². The Bertz CT molecular complexity index is 805. The van der Waals surface area contributed by atoms with Crippen LogP contribution >= 0.6 is 0 Å². The molecule has 136 valence electrons. The molecular formula is C19H16F3NO3. The van der Waals surface area contributed by atoms with Gasteiger partial charge in [-0.3, -0.25) is 4.79 Å². The number of hydrogen-bond donors (Lipinski definition) is 1. The van der Waals surface area contributed by atoms with Gasteiger partial charge < -0.3 is 14.8 Å². The van der Waals surface area contributed by atoms with E-state index in [2.05, 4.69) is 17.2 Å². The number of nitrogens with one attached hydrogen (secondary N) is 1. The fraction of sp³-hybridized carbons (Fsp3) is 0.211. The van der Waals surface area contributed by atoms with Gasteiger partial charge in [0.1, 0.15) is 18.1 Å². The van der Waals surface area contributed by atoms with Gasteiger partial charge in [-0.15, -0.1) is 0 Å². The highest BCUT2D eigenvalue weighted by Gasteiger charge is 2.30. The van der Waals surface area contributed by atoms with Crippen LogP contribution in [0.2, 0.25) is 0 Å². The van der Waals surface area contributed by atoms with Crippen molar-refractivity contribution >= 4 is 5.91 Å². The number of ether oxygens (including phenoxy) is 2. The Hall–Kier alpha value is -3.14. The van der Waals surface area contributed by atoms with E-state index in [1.165, 1.54) is 19.2 Å². The van der Waals surface area contributed by atoms with Gasteiger partial charge in [0.15, 0.2) is 0 Å². The Balaban J connectivity index is 1.77. The van der Waals surface area contributed by atoms with Crippen LogP contribution < -0.4 is 14.8 Å². The minimum absolute atomic E-state index is 0.0800. The molecule has 0 aromatic heterocycles. The number of hydrogen-bond acceptors (Lipinski definition) is 3. The first-order chi connectivity index (χ1) is 12.4. The lowest BCUT2D eigenvalue weighted by Crippen LogP contribution is -2.23. The van der Waals surface area contributed by atoms with Crippen molar-refractivity contribution in [1.82, 2.24) is 5.32 Å². The van der Waals surface area contributed by atoms with Gasteiger partial charge in [-0.25, -0.2) is 0 Å². The Kier molecular flexibility index (Phi) is 6.50. The number of alkyl halides is 3. The SMILES string of the molecule is COc1ccc(C(=O)NCC#CCOc2cccc(C(F)(F)F)c2)cc1. The van der Waals surface area contributed by atoms with Crippen LogP contribution in [0.1, 0.15) is 15.9 Å². The minimum Gasteiger partial charge on any atom is -0.497 e. The highest BCUT2D eigenvalue weighted by Crippen LogP contribution is 2.31. The molecule has 26 heavy (non-hydrogen) atoms. The molecule has 0 saturated carbocycles. The standard InChI is InChI=1S/C19H16F3NO3/c1-25-16-9-7-14(8-10-16)18(24)23-11-2-3-12-26-17-6-4-5-15(13-17)19(20,21)22/h4-10,13H,11-12H2,1H3,(H,23,24). The summed E-state index contributed by atoms with van der Waals surface area (Å²) in [6.45, 7) is 0.0104. The van der Waals surface area contributed by atoms with Crippen LogP contribution in [0.3, 0.4) is 0 Å². The summed E-state index contributed by atoms with van der Waals surface area (Å²) in [6.07, 6.45) is -4.42. The van der Waals surface area contributed by atoms with Crippen molar-refractivity contribution in [1.29, 1.82) is 0 Å². The summed E-state index contributed by atoms with van der Waals surface area (Å²) in [5.74, 6) is 5.73. The number of rotatable bonds is 5. The molecule has 1 amide bonds. The van der Waals surface area contributed by atoms with E-state index in [0.717, 1.165) is 12.1 Å². The van der Waals surface area contributed by atoms with Crippen molar-refractivity contribution in [2.75, 3.05) is 20.3 Å². The van der Waals surface area contributed by atoms with Crippen LogP contribution in [0.25, 0.3) is 0 Å². The van der Waals surface area contributed by atoms with Crippen LogP contribution in [0.4, 0.5) is 13.2 Å². The highest BCUT2D eigenvalue weighted by atomic mass is 19.4. The molecule has 2 aromatic carbocycles. The zero-order valence-electron chi connectivity index (χ0n) is 13.9. The average Bonchev–Trinajstić information content (AvgIpc) is 2.64. The van der Waals surface area contributed by atoms with Crippen LogP contribution in [-0.4, -0.2) is 26.2 Å². The van der Waals surface area contributed by atoms with Crippen molar-refractivity contribution < 1.29 is 27.4 Å². The molecule has 0 bridgehead atoms. The molecule has 0 aliphatic carbocycles. The predicted octanol–water partition coefficient (Wildman–Crippen LogP) is 3.53. The van der Waals surface area contributed by atoms with Gasteiger partial charge >= 0.3 is 6.18 Å². The molecule has 0 unspecified atom stereocenters.